The van der Waals surface area contributed by atoms with E-state index in [1.54, 1.807) is 0 Å². The maximum atomic E-state index is 11.9. The molecule has 1 aromatic heterocycles. The smallest absolute Gasteiger partial charge is 0.230 e. The third-order valence-electron chi connectivity index (χ3n) is 3.56. The summed E-state index contributed by atoms with van der Waals surface area (Å²) in [5, 5.41) is 12.0. The van der Waals surface area contributed by atoms with Gasteiger partial charge in [0.05, 0.1) is 5.75 Å². The zero-order chi connectivity index (χ0) is 14.4. The average molecular weight is 297 g/mol. The van der Waals surface area contributed by atoms with Crippen LogP contribution in [0, 0.1) is 6.92 Å². The minimum Gasteiger partial charge on any atom is -0.353 e. The Morgan fingerprint density at radius 1 is 1.40 bits per heavy atom. The van der Waals surface area contributed by atoms with E-state index in [9.17, 15) is 4.79 Å². The first kappa shape index (κ1) is 15.3. The van der Waals surface area contributed by atoms with Crippen molar-refractivity contribution in [1.29, 1.82) is 0 Å². The second kappa shape index (κ2) is 7.64. The first-order chi connectivity index (χ1) is 9.70. The van der Waals surface area contributed by atoms with Crippen LogP contribution >= 0.6 is 11.8 Å². The highest BCUT2D eigenvalue weighted by Gasteiger charge is 2.17. The number of nitrogens with one attached hydrogen (secondary N) is 1. The van der Waals surface area contributed by atoms with Gasteiger partial charge in [-0.2, -0.15) is 0 Å². The molecule has 1 amide bonds. The third-order valence-corrected chi connectivity index (χ3v) is 4.52. The Morgan fingerprint density at radius 2 is 2.15 bits per heavy atom. The summed E-state index contributed by atoms with van der Waals surface area (Å²) >= 11 is 1.43. The number of hydrogen-bond donors (Lipinski definition) is 2. The first-order valence-electron chi connectivity index (χ1n) is 7.22. The highest BCUT2D eigenvalue weighted by molar-refractivity contribution is 7.99. The van der Waals surface area contributed by atoms with Crippen LogP contribution in [-0.4, -0.2) is 39.0 Å². The van der Waals surface area contributed by atoms with Crippen molar-refractivity contribution >= 4 is 17.7 Å². The molecule has 2 rings (SSSR count). The summed E-state index contributed by atoms with van der Waals surface area (Å²) in [7, 11) is 0. The van der Waals surface area contributed by atoms with Crippen LogP contribution in [0.4, 0.5) is 0 Å². The number of amides is 1. The Morgan fingerprint density at radius 3 is 2.85 bits per heavy atom. The van der Waals surface area contributed by atoms with Gasteiger partial charge in [-0.25, -0.2) is 0 Å². The summed E-state index contributed by atoms with van der Waals surface area (Å²) in [5.41, 5.74) is 5.57. The lowest BCUT2D eigenvalue weighted by Crippen LogP contribution is -2.37. The maximum Gasteiger partial charge on any atom is 0.230 e. The molecule has 1 aromatic rings. The van der Waals surface area contributed by atoms with E-state index in [2.05, 4.69) is 15.5 Å². The van der Waals surface area contributed by atoms with Crippen LogP contribution in [0.5, 0.6) is 0 Å². The molecular formula is C13H23N5OS. The molecule has 0 spiro atoms. The van der Waals surface area contributed by atoms with Crippen LogP contribution < -0.4 is 11.1 Å². The molecule has 0 atom stereocenters. The lowest BCUT2D eigenvalue weighted by molar-refractivity contribution is -0.119. The van der Waals surface area contributed by atoms with E-state index >= 15 is 0 Å². The number of carbonyl (C=O) groups is 1. The van der Waals surface area contributed by atoms with E-state index in [0.29, 0.717) is 24.9 Å². The van der Waals surface area contributed by atoms with Gasteiger partial charge in [-0.15, -0.1) is 10.2 Å². The molecule has 0 radical (unpaired) electrons. The van der Waals surface area contributed by atoms with Crippen molar-refractivity contribution in [3.05, 3.63) is 5.82 Å². The van der Waals surface area contributed by atoms with Crippen LogP contribution in [0.25, 0.3) is 0 Å². The Hall–Kier alpha value is -1.08. The molecule has 3 N–H and O–H groups in total. The fourth-order valence-electron chi connectivity index (χ4n) is 2.50. The van der Waals surface area contributed by atoms with Crippen molar-refractivity contribution in [3.63, 3.8) is 0 Å². The Bertz CT molecular complexity index is 442. The van der Waals surface area contributed by atoms with Crippen LogP contribution in [-0.2, 0) is 11.3 Å². The Balaban J connectivity index is 1.80. The largest absolute Gasteiger partial charge is 0.353 e. The summed E-state index contributed by atoms with van der Waals surface area (Å²) in [6.07, 6.45) is 5.96. The van der Waals surface area contributed by atoms with Gasteiger partial charge in [-0.3, -0.25) is 4.79 Å². The molecule has 20 heavy (non-hydrogen) atoms. The van der Waals surface area contributed by atoms with Crippen molar-refractivity contribution < 1.29 is 4.79 Å². The predicted octanol–water partition coefficient (Wildman–Crippen LogP) is 1.09. The number of rotatable bonds is 6. The Labute approximate surface area is 123 Å². The van der Waals surface area contributed by atoms with Gasteiger partial charge in [0.2, 0.25) is 5.91 Å². The van der Waals surface area contributed by atoms with Gasteiger partial charge < -0.3 is 15.6 Å². The van der Waals surface area contributed by atoms with Crippen LogP contribution in [0.2, 0.25) is 0 Å². The van der Waals surface area contributed by atoms with Gasteiger partial charge in [0.25, 0.3) is 0 Å². The summed E-state index contributed by atoms with van der Waals surface area (Å²) < 4.78 is 1.96. The van der Waals surface area contributed by atoms with Crippen molar-refractivity contribution in [1.82, 2.24) is 20.1 Å². The van der Waals surface area contributed by atoms with Gasteiger partial charge in [0.1, 0.15) is 5.82 Å². The van der Waals surface area contributed by atoms with Crippen molar-refractivity contribution in [2.24, 2.45) is 5.73 Å². The van der Waals surface area contributed by atoms with E-state index in [0.717, 1.165) is 23.8 Å². The fraction of sp³-hybridized carbons (Fsp3) is 0.769. The van der Waals surface area contributed by atoms with E-state index in [4.69, 9.17) is 5.73 Å². The van der Waals surface area contributed by atoms with Crippen LogP contribution in [0.15, 0.2) is 5.16 Å². The lowest BCUT2D eigenvalue weighted by Gasteiger charge is -2.22. The maximum absolute atomic E-state index is 11.9. The van der Waals surface area contributed by atoms with Gasteiger partial charge in [0, 0.05) is 19.1 Å². The lowest BCUT2D eigenvalue weighted by atomic mass is 9.95. The SMILES string of the molecule is Cc1nnc(SCC(=O)NC2CCCCC2)n1CCN. The molecule has 1 saturated carbocycles. The van der Waals surface area contributed by atoms with Gasteiger partial charge in [-0.05, 0) is 19.8 Å². The number of carbonyl (C=O) groups excluding carboxylic acids is 1. The van der Waals surface area contributed by atoms with Crippen molar-refractivity contribution in [2.45, 2.75) is 56.8 Å². The molecule has 112 valence electrons. The first-order valence-corrected chi connectivity index (χ1v) is 8.21. The Kier molecular flexibility index (Phi) is 5.85. The number of hydrogen-bond acceptors (Lipinski definition) is 5. The molecule has 0 unspecified atom stereocenters. The molecule has 1 fully saturated rings. The zero-order valence-corrected chi connectivity index (χ0v) is 12.8. The van der Waals surface area contributed by atoms with E-state index in [1.807, 2.05) is 11.5 Å². The van der Waals surface area contributed by atoms with E-state index in [-0.39, 0.29) is 5.91 Å². The molecule has 1 heterocycles. The van der Waals surface area contributed by atoms with Gasteiger partial charge in [0.15, 0.2) is 5.16 Å². The summed E-state index contributed by atoms with van der Waals surface area (Å²) in [6, 6.07) is 0.362. The third kappa shape index (κ3) is 4.21. The molecule has 1 aliphatic carbocycles. The van der Waals surface area contributed by atoms with Gasteiger partial charge in [-0.1, -0.05) is 31.0 Å². The van der Waals surface area contributed by atoms with Crippen molar-refractivity contribution in [3.8, 4) is 0 Å². The quantitative estimate of drug-likeness (QED) is 0.768. The fourth-order valence-corrected chi connectivity index (χ4v) is 3.32. The topological polar surface area (TPSA) is 85.8 Å². The molecule has 6 nitrogen and oxygen atoms in total. The molecule has 1 aliphatic rings. The number of nitrogens with zero attached hydrogens (tertiary/aromatic N) is 3. The molecule has 0 aliphatic heterocycles. The molecule has 0 aromatic carbocycles. The second-order valence-corrected chi connectivity index (χ2v) is 6.10. The molecule has 7 heteroatoms. The van der Waals surface area contributed by atoms with E-state index < -0.39 is 0 Å². The highest BCUT2D eigenvalue weighted by Crippen LogP contribution is 2.19. The van der Waals surface area contributed by atoms with Crippen LogP contribution in [0.1, 0.15) is 37.9 Å². The molecule has 0 bridgehead atoms. The summed E-state index contributed by atoms with van der Waals surface area (Å²) in [5.74, 6) is 1.31. The highest BCUT2D eigenvalue weighted by atomic mass is 32.2. The van der Waals surface area contributed by atoms with Crippen LogP contribution in [0.3, 0.4) is 0 Å². The van der Waals surface area contributed by atoms with Gasteiger partial charge >= 0.3 is 0 Å². The van der Waals surface area contributed by atoms with E-state index in [1.165, 1.54) is 31.0 Å². The normalized spacial score (nSPS) is 16.3. The zero-order valence-electron chi connectivity index (χ0n) is 12.0. The average Bonchev–Trinajstić information content (AvgIpc) is 2.79. The standard InChI is InChI=1S/C13H23N5OS/c1-10-16-17-13(18(10)8-7-14)20-9-12(19)15-11-5-3-2-4-6-11/h11H,2-9,14H2,1H3,(H,15,19). The predicted molar refractivity (Wildman–Crippen MR) is 79.6 cm³/mol. The molecular weight excluding hydrogens is 274 g/mol. The second-order valence-electron chi connectivity index (χ2n) is 5.16. The minimum atomic E-state index is 0.0850. The number of nitrogens with two attached hydrogens (primary N) is 1. The van der Waals surface area contributed by atoms with Crippen molar-refractivity contribution in [2.75, 3.05) is 12.3 Å². The number of aromatic nitrogens is 3. The summed E-state index contributed by atoms with van der Waals surface area (Å²) in [4.78, 5) is 11.9. The summed E-state index contributed by atoms with van der Waals surface area (Å²) in [6.45, 7) is 3.13. The number of aryl methyl sites for hydroxylation is 1. The monoisotopic (exact) mass is 297 g/mol. The minimum absolute atomic E-state index is 0.0850. The molecule has 0 saturated heterocycles. The number of thioether (sulfide) groups is 1.